The number of rotatable bonds is 4. The summed E-state index contributed by atoms with van der Waals surface area (Å²) < 4.78 is 10.8. The quantitative estimate of drug-likeness (QED) is 0.533. The Balaban J connectivity index is 1.33. The molecule has 9 heteroatoms. The zero-order valence-corrected chi connectivity index (χ0v) is 18.7. The van der Waals surface area contributed by atoms with E-state index in [1.807, 2.05) is 25.7 Å². The summed E-state index contributed by atoms with van der Waals surface area (Å²) in [6, 6.07) is 6.24. The molecule has 2 unspecified atom stereocenters. The average molecular weight is 433 g/mol. The second kappa shape index (κ2) is 8.18. The molecule has 0 saturated carbocycles. The number of nitrogens with zero attached hydrogens (tertiary/aromatic N) is 4. The molecule has 0 N–H and O–H groups in total. The Morgan fingerprint density at radius 2 is 1.84 bits per heavy atom. The molecule has 31 heavy (non-hydrogen) atoms. The molecule has 1 aromatic carbocycles. The maximum Gasteiger partial charge on any atom is 0.410 e. The topological polar surface area (TPSA) is 88.4 Å². The summed E-state index contributed by atoms with van der Waals surface area (Å²) in [6.45, 7) is 9.17. The van der Waals surface area contributed by atoms with Crippen LogP contribution >= 0.6 is 0 Å². The van der Waals surface area contributed by atoms with E-state index in [-0.39, 0.29) is 17.8 Å². The maximum atomic E-state index is 12.5. The molecular weight excluding hydrogens is 400 g/mol. The number of piperidine rings is 1. The van der Waals surface area contributed by atoms with Crippen LogP contribution in [0.5, 0.6) is 5.75 Å². The van der Waals surface area contributed by atoms with E-state index in [9.17, 15) is 14.9 Å². The van der Waals surface area contributed by atoms with Gasteiger partial charge in [0.1, 0.15) is 5.60 Å². The number of ether oxygens (including phenoxy) is 2. The first kappa shape index (κ1) is 21.7. The number of fused-ring (bicyclic) bond motifs is 2. The van der Waals surface area contributed by atoms with E-state index < -0.39 is 10.5 Å². The summed E-state index contributed by atoms with van der Waals surface area (Å²) in [5.74, 6) is 0.295. The SMILES string of the molecule is COc1cc(N2CCC(N3CC4CC3CN4C(=O)OC(C)(C)C)CC2)ccc1[N+](=O)[O-]. The second-order valence-electron chi connectivity index (χ2n) is 9.70. The van der Waals surface area contributed by atoms with Gasteiger partial charge in [0.15, 0.2) is 5.75 Å². The molecule has 0 radical (unpaired) electrons. The summed E-state index contributed by atoms with van der Waals surface area (Å²) in [5.41, 5.74) is 0.482. The van der Waals surface area contributed by atoms with E-state index in [0.717, 1.165) is 51.1 Å². The first-order chi connectivity index (χ1) is 14.7. The zero-order valence-electron chi connectivity index (χ0n) is 18.7. The lowest BCUT2D eigenvalue weighted by Gasteiger charge is -2.43. The molecular formula is C22H32N4O5. The molecule has 1 amide bonds. The van der Waals surface area contributed by atoms with Crippen LogP contribution in [0.1, 0.15) is 40.0 Å². The first-order valence-electron chi connectivity index (χ1n) is 11.0. The molecule has 2 atom stereocenters. The highest BCUT2D eigenvalue weighted by Gasteiger charge is 2.48. The third-order valence-electron chi connectivity index (χ3n) is 6.57. The van der Waals surface area contributed by atoms with E-state index in [1.165, 1.54) is 13.2 Å². The van der Waals surface area contributed by atoms with Crippen LogP contribution in [-0.4, -0.2) is 77.8 Å². The molecule has 1 aromatic rings. The summed E-state index contributed by atoms with van der Waals surface area (Å²) in [4.78, 5) is 29.9. The minimum atomic E-state index is -0.466. The number of nitro groups is 1. The summed E-state index contributed by atoms with van der Waals surface area (Å²) in [5, 5.41) is 11.1. The predicted octanol–water partition coefficient (Wildman–Crippen LogP) is 3.27. The number of hydrogen-bond donors (Lipinski definition) is 0. The van der Waals surface area contributed by atoms with E-state index in [4.69, 9.17) is 9.47 Å². The van der Waals surface area contributed by atoms with Crippen molar-refractivity contribution in [2.45, 2.75) is 63.8 Å². The van der Waals surface area contributed by atoms with Crippen LogP contribution in [0.4, 0.5) is 16.2 Å². The number of likely N-dealkylation sites (tertiary alicyclic amines) is 2. The van der Waals surface area contributed by atoms with Crippen molar-refractivity contribution < 1.29 is 19.2 Å². The van der Waals surface area contributed by atoms with Crippen LogP contribution in [-0.2, 0) is 4.74 Å². The van der Waals surface area contributed by atoms with Crippen molar-refractivity contribution >= 4 is 17.5 Å². The van der Waals surface area contributed by atoms with Crippen LogP contribution in [0, 0.1) is 10.1 Å². The van der Waals surface area contributed by atoms with Gasteiger partial charge in [-0.05, 0) is 46.1 Å². The van der Waals surface area contributed by atoms with Crippen molar-refractivity contribution in [3.05, 3.63) is 28.3 Å². The van der Waals surface area contributed by atoms with Gasteiger partial charge in [0.25, 0.3) is 0 Å². The Hall–Kier alpha value is -2.55. The molecule has 170 valence electrons. The number of nitro benzene ring substituents is 1. The van der Waals surface area contributed by atoms with Gasteiger partial charge in [0.2, 0.25) is 0 Å². The van der Waals surface area contributed by atoms with Crippen molar-refractivity contribution in [1.82, 2.24) is 9.80 Å². The van der Waals surface area contributed by atoms with Crippen molar-refractivity contribution in [2.75, 3.05) is 38.2 Å². The minimum Gasteiger partial charge on any atom is -0.490 e. The molecule has 3 fully saturated rings. The number of carbonyl (C=O) groups excluding carboxylic acids is 1. The van der Waals surface area contributed by atoms with E-state index in [0.29, 0.717) is 17.8 Å². The average Bonchev–Trinajstić information content (AvgIpc) is 3.33. The Morgan fingerprint density at radius 1 is 1.13 bits per heavy atom. The van der Waals surface area contributed by atoms with E-state index >= 15 is 0 Å². The minimum absolute atomic E-state index is 0.0104. The Labute approximate surface area is 183 Å². The summed E-state index contributed by atoms with van der Waals surface area (Å²) in [7, 11) is 1.46. The fraction of sp³-hybridized carbons (Fsp3) is 0.682. The summed E-state index contributed by atoms with van der Waals surface area (Å²) in [6.07, 6.45) is 2.91. The fourth-order valence-corrected chi connectivity index (χ4v) is 5.16. The van der Waals surface area contributed by atoms with Crippen LogP contribution in [0.25, 0.3) is 0 Å². The normalized spacial score (nSPS) is 24.5. The molecule has 3 aliphatic heterocycles. The Bertz CT molecular complexity index is 847. The molecule has 0 aliphatic carbocycles. The smallest absolute Gasteiger partial charge is 0.410 e. The lowest BCUT2D eigenvalue weighted by Crippen LogP contribution is -2.55. The van der Waals surface area contributed by atoms with Crippen LogP contribution in [0.15, 0.2) is 18.2 Å². The van der Waals surface area contributed by atoms with Gasteiger partial charge in [-0.15, -0.1) is 0 Å². The van der Waals surface area contributed by atoms with Crippen LogP contribution in [0.3, 0.4) is 0 Å². The van der Waals surface area contributed by atoms with Crippen molar-refractivity contribution in [3.8, 4) is 5.75 Å². The zero-order chi connectivity index (χ0) is 22.3. The lowest BCUT2D eigenvalue weighted by molar-refractivity contribution is -0.385. The highest BCUT2D eigenvalue weighted by atomic mass is 16.6. The molecule has 3 aliphatic rings. The maximum absolute atomic E-state index is 12.5. The molecule has 2 bridgehead atoms. The van der Waals surface area contributed by atoms with Gasteiger partial charge in [-0.1, -0.05) is 0 Å². The number of carbonyl (C=O) groups is 1. The second-order valence-corrected chi connectivity index (χ2v) is 9.70. The molecule has 4 rings (SSSR count). The van der Waals surface area contributed by atoms with E-state index in [2.05, 4.69) is 9.80 Å². The van der Waals surface area contributed by atoms with Gasteiger partial charge < -0.3 is 19.3 Å². The number of amides is 1. The number of hydrogen-bond acceptors (Lipinski definition) is 7. The van der Waals surface area contributed by atoms with Crippen molar-refractivity contribution in [2.24, 2.45) is 0 Å². The first-order valence-corrected chi connectivity index (χ1v) is 11.0. The number of anilines is 1. The van der Waals surface area contributed by atoms with Crippen molar-refractivity contribution in [1.29, 1.82) is 0 Å². The van der Waals surface area contributed by atoms with Gasteiger partial charge >= 0.3 is 11.8 Å². The largest absolute Gasteiger partial charge is 0.490 e. The molecule has 3 heterocycles. The highest BCUT2D eigenvalue weighted by Crippen LogP contribution is 2.37. The van der Waals surface area contributed by atoms with E-state index in [1.54, 1.807) is 12.1 Å². The van der Waals surface area contributed by atoms with Gasteiger partial charge in [0.05, 0.1) is 12.0 Å². The monoisotopic (exact) mass is 432 g/mol. The Morgan fingerprint density at radius 3 is 2.39 bits per heavy atom. The van der Waals surface area contributed by atoms with Crippen molar-refractivity contribution in [3.63, 3.8) is 0 Å². The third kappa shape index (κ3) is 4.42. The molecule has 9 nitrogen and oxygen atoms in total. The van der Waals surface area contributed by atoms with Gasteiger partial charge in [-0.25, -0.2) is 4.79 Å². The van der Waals surface area contributed by atoms with Gasteiger partial charge in [-0.2, -0.15) is 0 Å². The lowest BCUT2D eigenvalue weighted by atomic mass is 10.0. The Kier molecular flexibility index (Phi) is 5.72. The standard InChI is InChI=1S/C22H32N4O5/c1-22(2,3)31-21(27)25-14-17-11-18(25)13-24(17)15-7-9-23(10-8-15)16-5-6-19(26(28)29)20(12-16)30-4/h5-6,12,15,17-18H,7-11,13-14H2,1-4H3. The van der Waals surface area contributed by atoms with Crippen LogP contribution in [0.2, 0.25) is 0 Å². The highest BCUT2D eigenvalue weighted by molar-refractivity contribution is 5.69. The molecule has 0 spiro atoms. The number of piperazine rings is 1. The van der Waals surface area contributed by atoms with Gasteiger partial charge in [0, 0.05) is 62.1 Å². The predicted molar refractivity (Wildman–Crippen MR) is 117 cm³/mol. The van der Waals surface area contributed by atoms with Gasteiger partial charge in [-0.3, -0.25) is 15.0 Å². The molecule has 0 aromatic heterocycles. The fourth-order valence-electron chi connectivity index (χ4n) is 5.16. The third-order valence-corrected chi connectivity index (χ3v) is 6.57. The molecule has 3 saturated heterocycles. The van der Waals surface area contributed by atoms with Crippen LogP contribution < -0.4 is 9.64 Å². The summed E-state index contributed by atoms with van der Waals surface area (Å²) >= 11 is 0. The number of benzene rings is 1. The number of methoxy groups -OCH3 is 1.